The Morgan fingerprint density at radius 2 is 1.62 bits per heavy atom. The van der Waals surface area contributed by atoms with Crippen LogP contribution in [0.3, 0.4) is 0 Å². The van der Waals surface area contributed by atoms with Crippen LogP contribution in [0.2, 0.25) is 0 Å². The van der Waals surface area contributed by atoms with Crippen molar-refractivity contribution >= 4 is 0 Å². The fourth-order valence-electron chi connectivity index (χ4n) is 0.804. The molecule has 0 saturated heterocycles. The van der Waals surface area contributed by atoms with Gasteiger partial charge in [0.05, 0.1) is 0 Å². The van der Waals surface area contributed by atoms with E-state index in [9.17, 15) is 13.2 Å². The number of hydrogen-bond donors (Lipinski definition) is 0. The summed E-state index contributed by atoms with van der Waals surface area (Å²) in [6.07, 6.45) is -1.93. The van der Waals surface area contributed by atoms with Crippen LogP contribution in [0.5, 0.6) is 0 Å². The molecule has 0 fully saturated rings. The molecule has 0 bridgehead atoms. The molecular formula is C10H14F3. The average molecular weight is 191 g/mol. The van der Waals surface area contributed by atoms with Gasteiger partial charge in [-0.25, -0.2) is 0 Å². The Morgan fingerprint density at radius 3 is 2.15 bits per heavy atom. The van der Waals surface area contributed by atoms with Crippen molar-refractivity contribution in [3.8, 4) is 11.8 Å². The first kappa shape index (κ1) is 12.3. The van der Waals surface area contributed by atoms with Gasteiger partial charge in [-0.1, -0.05) is 6.92 Å². The molecule has 75 valence electrons. The van der Waals surface area contributed by atoms with Crippen LogP contribution < -0.4 is 0 Å². The number of alkyl halides is 3. The van der Waals surface area contributed by atoms with E-state index in [1.807, 2.05) is 0 Å². The highest BCUT2D eigenvalue weighted by Gasteiger charge is 2.25. The van der Waals surface area contributed by atoms with E-state index < -0.39 is 12.6 Å². The van der Waals surface area contributed by atoms with Crippen LogP contribution in [0.4, 0.5) is 13.2 Å². The Hall–Kier alpha value is -0.650. The first-order chi connectivity index (χ1) is 6.06. The van der Waals surface area contributed by atoms with Crippen molar-refractivity contribution in [1.29, 1.82) is 0 Å². The van der Waals surface area contributed by atoms with Crippen LogP contribution in [-0.4, -0.2) is 6.18 Å². The van der Waals surface area contributed by atoms with Gasteiger partial charge in [-0.15, -0.1) is 11.8 Å². The van der Waals surface area contributed by atoms with Crippen molar-refractivity contribution in [1.82, 2.24) is 0 Å². The second-order valence-electron chi connectivity index (χ2n) is 2.78. The minimum Gasteiger partial charge on any atom is -0.171 e. The van der Waals surface area contributed by atoms with Gasteiger partial charge >= 0.3 is 6.18 Å². The predicted octanol–water partition coefficient (Wildman–Crippen LogP) is 3.73. The van der Waals surface area contributed by atoms with Gasteiger partial charge in [0.25, 0.3) is 0 Å². The third-order valence-electron chi connectivity index (χ3n) is 1.44. The van der Waals surface area contributed by atoms with E-state index in [-0.39, 0.29) is 6.42 Å². The summed E-state index contributed by atoms with van der Waals surface area (Å²) in [4.78, 5) is 0. The molecule has 1 radical (unpaired) electrons. The standard InChI is InChI=1S/C10H14F3/c1-2-3-4-5-6-7-8-9-10(11,12)13/h1-3,6-9H2. The Balaban J connectivity index is 3.23. The van der Waals surface area contributed by atoms with E-state index in [4.69, 9.17) is 0 Å². The summed E-state index contributed by atoms with van der Waals surface area (Å²) in [6, 6.07) is 0. The SMILES string of the molecule is [CH2]CCC#CCCCCC(F)(F)F. The molecule has 0 amide bonds. The first-order valence-electron chi connectivity index (χ1n) is 4.38. The molecule has 13 heavy (non-hydrogen) atoms. The lowest BCUT2D eigenvalue weighted by Crippen LogP contribution is -2.05. The minimum absolute atomic E-state index is 0.183. The molecule has 0 spiro atoms. The number of unbranched alkanes of at least 4 members (excludes halogenated alkanes) is 3. The summed E-state index contributed by atoms with van der Waals surface area (Å²) < 4.78 is 34.9. The summed E-state index contributed by atoms with van der Waals surface area (Å²) in [5.41, 5.74) is 0. The fourth-order valence-corrected chi connectivity index (χ4v) is 0.804. The minimum atomic E-state index is -4.01. The molecule has 0 saturated carbocycles. The van der Waals surface area contributed by atoms with E-state index in [1.54, 1.807) is 0 Å². The highest BCUT2D eigenvalue weighted by Crippen LogP contribution is 2.22. The van der Waals surface area contributed by atoms with E-state index in [0.717, 1.165) is 12.8 Å². The molecule has 0 rings (SSSR count). The van der Waals surface area contributed by atoms with Crippen molar-refractivity contribution in [2.24, 2.45) is 0 Å². The summed E-state index contributed by atoms with van der Waals surface area (Å²) in [6.45, 7) is 3.60. The number of hydrogen-bond acceptors (Lipinski definition) is 0. The molecule has 0 aliphatic heterocycles. The highest BCUT2D eigenvalue weighted by atomic mass is 19.4. The maximum Gasteiger partial charge on any atom is 0.389 e. The molecule has 0 heterocycles. The lowest BCUT2D eigenvalue weighted by Gasteiger charge is -2.03. The lowest BCUT2D eigenvalue weighted by atomic mass is 10.2. The molecule has 0 unspecified atom stereocenters. The largest absolute Gasteiger partial charge is 0.389 e. The normalized spacial score (nSPS) is 10.8. The smallest absolute Gasteiger partial charge is 0.171 e. The Labute approximate surface area is 77.5 Å². The summed E-state index contributed by atoms with van der Waals surface area (Å²) >= 11 is 0. The highest BCUT2D eigenvalue weighted by molar-refractivity contribution is 4.98. The quantitative estimate of drug-likeness (QED) is 0.469. The monoisotopic (exact) mass is 191 g/mol. The molecule has 0 aromatic heterocycles. The van der Waals surface area contributed by atoms with Gasteiger partial charge in [-0.2, -0.15) is 13.2 Å². The van der Waals surface area contributed by atoms with Gasteiger partial charge in [0.15, 0.2) is 0 Å². The third kappa shape index (κ3) is 11.3. The second kappa shape index (κ2) is 6.82. The molecule has 0 N–H and O–H groups in total. The predicted molar refractivity (Wildman–Crippen MR) is 46.9 cm³/mol. The van der Waals surface area contributed by atoms with E-state index in [1.165, 1.54) is 0 Å². The van der Waals surface area contributed by atoms with E-state index >= 15 is 0 Å². The first-order valence-corrected chi connectivity index (χ1v) is 4.38. The Morgan fingerprint density at radius 1 is 1.00 bits per heavy atom. The molecule has 0 nitrogen and oxygen atoms in total. The van der Waals surface area contributed by atoms with Gasteiger partial charge in [-0.3, -0.25) is 0 Å². The van der Waals surface area contributed by atoms with Crippen LogP contribution in [0, 0.1) is 18.8 Å². The molecule has 0 atom stereocenters. The lowest BCUT2D eigenvalue weighted by molar-refractivity contribution is -0.135. The third-order valence-corrected chi connectivity index (χ3v) is 1.44. The number of rotatable bonds is 4. The Kier molecular flexibility index (Phi) is 6.48. The Bertz CT molecular complexity index is 171. The molecule has 0 aliphatic rings. The van der Waals surface area contributed by atoms with Crippen LogP contribution in [0.15, 0.2) is 0 Å². The topological polar surface area (TPSA) is 0 Å². The van der Waals surface area contributed by atoms with Crippen molar-refractivity contribution in [3.63, 3.8) is 0 Å². The van der Waals surface area contributed by atoms with Crippen LogP contribution in [-0.2, 0) is 0 Å². The van der Waals surface area contributed by atoms with Crippen LogP contribution >= 0.6 is 0 Å². The van der Waals surface area contributed by atoms with Crippen molar-refractivity contribution < 1.29 is 13.2 Å². The summed E-state index contributed by atoms with van der Waals surface area (Å²) in [5.74, 6) is 5.65. The molecule has 3 heteroatoms. The molecule has 0 aliphatic carbocycles. The number of halogens is 3. The van der Waals surface area contributed by atoms with Gasteiger partial charge < -0.3 is 0 Å². The fraction of sp³-hybridized carbons (Fsp3) is 0.700. The average Bonchev–Trinajstić information content (AvgIpc) is 2.01. The van der Waals surface area contributed by atoms with Crippen LogP contribution in [0.1, 0.15) is 38.5 Å². The second-order valence-corrected chi connectivity index (χ2v) is 2.78. The van der Waals surface area contributed by atoms with Gasteiger partial charge in [0, 0.05) is 19.3 Å². The molecule has 0 aromatic rings. The van der Waals surface area contributed by atoms with Crippen LogP contribution in [0.25, 0.3) is 0 Å². The maximum absolute atomic E-state index is 11.6. The zero-order valence-corrected chi connectivity index (χ0v) is 7.58. The van der Waals surface area contributed by atoms with E-state index in [0.29, 0.717) is 12.8 Å². The zero-order chi connectivity index (χ0) is 10.2. The zero-order valence-electron chi connectivity index (χ0n) is 7.58. The van der Waals surface area contributed by atoms with Crippen molar-refractivity contribution in [3.05, 3.63) is 6.92 Å². The molecule has 0 aromatic carbocycles. The van der Waals surface area contributed by atoms with Gasteiger partial charge in [0.2, 0.25) is 0 Å². The summed E-state index contributed by atoms with van der Waals surface area (Å²) in [5, 5.41) is 0. The molecular weight excluding hydrogens is 177 g/mol. The van der Waals surface area contributed by atoms with Crippen molar-refractivity contribution in [2.75, 3.05) is 0 Å². The van der Waals surface area contributed by atoms with E-state index in [2.05, 4.69) is 18.8 Å². The van der Waals surface area contributed by atoms with Crippen molar-refractivity contribution in [2.45, 2.75) is 44.7 Å². The van der Waals surface area contributed by atoms with Gasteiger partial charge in [0.1, 0.15) is 0 Å². The summed E-state index contributed by atoms with van der Waals surface area (Å²) in [7, 11) is 0. The van der Waals surface area contributed by atoms with Gasteiger partial charge in [-0.05, 0) is 19.3 Å². The maximum atomic E-state index is 11.6.